The van der Waals surface area contributed by atoms with Gasteiger partial charge >= 0.3 is 0 Å². The molecule has 0 aliphatic rings. The largest absolute Gasteiger partial charge is 0.346 e. The van der Waals surface area contributed by atoms with Gasteiger partial charge in [0.1, 0.15) is 11.6 Å². The molecule has 4 aromatic rings. The van der Waals surface area contributed by atoms with Crippen LogP contribution >= 0.6 is 23.4 Å². The average Bonchev–Trinajstić information content (AvgIpc) is 3.21. The van der Waals surface area contributed by atoms with Crippen LogP contribution in [0.25, 0.3) is 5.69 Å². The molecule has 0 fully saturated rings. The predicted molar refractivity (Wildman–Crippen MR) is 125 cm³/mol. The molecule has 0 unspecified atom stereocenters. The molecule has 2 aromatic carbocycles. The maximum absolute atomic E-state index is 14.0. The second-order valence-corrected chi connectivity index (χ2v) is 8.76. The van der Waals surface area contributed by atoms with E-state index in [1.54, 1.807) is 24.3 Å². The smallest absolute Gasteiger partial charge is 0.274 e. The molecule has 1 N–H and O–H groups in total. The molecule has 4 rings (SSSR count). The van der Waals surface area contributed by atoms with Gasteiger partial charge in [-0.05, 0) is 56.3 Å². The Hall–Kier alpha value is -3.37. The number of amides is 1. The minimum atomic E-state index is -0.743. The highest BCUT2D eigenvalue weighted by atomic mass is 35.5. The van der Waals surface area contributed by atoms with Gasteiger partial charge in [-0.25, -0.2) is 23.4 Å². The summed E-state index contributed by atoms with van der Waals surface area (Å²) < 4.78 is 29.4. The van der Waals surface area contributed by atoms with Crippen molar-refractivity contribution in [3.8, 4) is 5.69 Å². The summed E-state index contributed by atoms with van der Waals surface area (Å²) in [5.74, 6) is -1.82. The number of hydrogen-bond donors (Lipinski definition) is 1. The lowest BCUT2D eigenvalue weighted by molar-refractivity contribution is 0.0944. The molecule has 0 aliphatic heterocycles. The maximum Gasteiger partial charge on any atom is 0.274 e. The second-order valence-electron chi connectivity index (χ2n) is 7.38. The van der Waals surface area contributed by atoms with Gasteiger partial charge in [-0.1, -0.05) is 34.6 Å². The molecule has 2 aromatic heterocycles. The van der Waals surface area contributed by atoms with Gasteiger partial charge in [0.2, 0.25) is 0 Å². The number of carbonyl (C=O) groups excluding carboxylic acids is 1. The number of nitrogens with one attached hydrogen (secondary N) is 1. The lowest BCUT2D eigenvalue weighted by atomic mass is 10.2. The standard InChI is InChI=1S/C23H19ClF2N6OS/c1-13-10-14(2)29-23(28-13)34-12-20-21(30-31-32(20)16-8-6-15(24)7-9-16)22(33)27-11-17-18(25)4-3-5-19(17)26/h3-10H,11-12H2,1-2H3,(H,27,33). The normalized spacial score (nSPS) is 11.0. The third kappa shape index (κ3) is 5.40. The monoisotopic (exact) mass is 500 g/mol. The lowest BCUT2D eigenvalue weighted by Gasteiger charge is -2.10. The number of aromatic nitrogens is 5. The van der Waals surface area contributed by atoms with Crippen LogP contribution in [0.5, 0.6) is 0 Å². The number of thioether (sulfide) groups is 1. The first-order valence-electron chi connectivity index (χ1n) is 10.2. The SMILES string of the molecule is Cc1cc(C)nc(SCc2c(C(=O)NCc3c(F)cccc3F)nnn2-c2ccc(Cl)cc2)n1. The summed E-state index contributed by atoms with van der Waals surface area (Å²) in [6.45, 7) is 3.41. The van der Waals surface area contributed by atoms with Gasteiger partial charge in [0, 0.05) is 34.3 Å². The van der Waals surface area contributed by atoms with Crippen molar-refractivity contribution in [3.05, 3.63) is 93.5 Å². The number of carbonyl (C=O) groups is 1. The molecule has 0 saturated carbocycles. The molecular weight excluding hydrogens is 482 g/mol. The Morgan fingerprint density at radius 3 is 2.35 bits per heavy atom. The molecule has 34 heavy (non-hydrogen) atoms. The van der Waals surface area contributed by atoms with Crippen molar-refractivity contribution in [3.63, 3.8) is 0 Å². The highest BCUT2D eigenvalue weighted by molar-refractivity contribution is 7.98. The number of aryl methyl sites for hydroxylation is 2. The van der Waals surface area contributed by atoms with Gasteiger partial charge in [-0.15, -0.1) is 5.10 Å². The molecule has 0 atom stereocenters. The Labute approximate surface area is 203 Å². The zero-order chi connectivity index (χ0) is 24.2. The van der Waals surface area contributed by atoms with Crippen LogP contribution in [0.1, 0.15) is 33.1 Å². The Bertz CT molecular complexity index is 1310. The highest BCUT2D eigenvalue weighted by Crippen LogP contribution is 2.24. The summed E-state index contributed by atoms with van der Waals surface area (Å²) in [5, 5.41) is 11.8. The van der Waals surface area contributed by atoms with Crippen LogP contribution in [0.15, 0.2) is 53.7 Å². The summed E-state index contributed by atoms with van der Waals surface area (Å²) >= 11 is 7.32. The molecule has 0 spiro atoms. The molecule has 11 heteroatoms. The van der Waals surface area contributed by atoms with Gasteiger partial charge in [0.05, 0.1) is 11.4 Å². The van der Waals surface area contributed by atoms with Gasteiger partial charge in [-0.2, -0.15) is 0 Å². The molecule has 0 radical (unpaired) electrons. The Balaban J connectivity index is 1.63. The van der Waals surface area contributed by atoms with Crippen LogP contribution in [0, 0.1) is 25.5 Å². The fourth-order valence-electron chi connectivity index (χ4n) is 3.24. The Kier molecular flexibility index (Phi) is 7.18. The van der Waals surface area contributed by atoms with E-state index in [1.807, 2.05) is 19.9 Å². The van der Waals surface area contributed by atoms with E-state index in [1.165, 1.54) is 22.5 Å². The number of benzene rings is 2. The van der Waals surface area contributed by atoms with E-state index in [0.29, 0.717) is 21.6 Å². The zero-order valence-corrected chi connectivity index (χ0v) is 19.8. The molecule has 1 amide bonds. The van der Waals surface area contributed by atoms with E-state index in [-0.39, 0.29) is 23.6 Å². The number of hydrogen-bond acceptors (Lipinski definition) is 6. The van der Waals surface area contributed by atoms with Gasteiger partial charge in [0.25, 0.3) is 5.91 Å². The summed E-state index contributed by atoms with van der Waals surface area (Å²) in [4.78, 5) is 21.8. The van der Waals surface area contributed by atoms with E-state index in [0.717, 1.165) is 23.5 Å². The fourth-order valence-corrected chi connectivity index (χ4v) is 4.31. The van der Waals surface area contributed by atoms with Crippen LogP contribution in [0.4, 0.5) is 8.78 Å². The minimum Gasteiger partial charge on any atom is -0.346 e. The fraction of sp³-hybridized carbons (Fsp3) is 0.174. The van der Waals surface area contributed by atoms with E-state index in [4.69, 9.17) is 11.6 Å². The molecule has 174 valence electrons. The number of halogens is 3. The van der Waals surface area contributed by atoms with Crippen molar-refractivity contribution in [2.45, 2.75) is 31.3 Å². The number of nitrogens with zero attached hydrogens (tertiary/aromatic N) is 5. The van der Waals surface area contributed by atoms with Crippen LogP contribution in [0.2, 0.25) is 5.02 Å². The maximum atomic E-state index is 14.0. The summed E-state index contributed by atoms with van der Waals surface area (Å²) in [7, 11) is 0. The Morgan fingerprint density at radius 2 is 1.71 bits per heavy atom. The van der Waals surface area contributed by atoms with Crippen LogP contribution in [-0.2, 0) is 12.3 Å². The summed E-state index contributed by atoms with van der Waals surface area (Å²) in [6, 6.07) is 12.3. The van der Waals surface area contributed by atoms with Gasteiger partial charge in [0.15, 0.2) is 10.9 Å². The Morgan fingerprint density at radius 1 is 1.06 bits per heavy atom. The first-order valence-corrected chi connectivity index (χ1v) is 11.5. The first-order chi connectivity index (χ1) is 16.3. The average molecular weight is 501 g/mol. The second kappa shape index (κ2) is 10.3. The van der Waals surface area contributed by atoms with E-state index in [2.05, 4.69) is 25.6 Å². The quantitative estimate of drug-likeness (QED) is 0.289. The van der Waals surface area contributed by atoms with E-state index in [9.17, 15) is 13.6 Å². The number of rotatable bonds is 7. The third-order valence-electron chi connectivity index (χ3n) is 4.84. The summed E-state index contributed by atoms with van der Waals surface area (Å²) in [5.41, 5.74) is 2.56. The molecule has 0 bridgehead atoms. The topological polar surface area (TPSA) is 85.6 Å². The van der Waals surface area contributed by atoms with Gasteiger partial charge in [-0.3, -0.25) is 4.79 Å². The molecule has 0 saturated heterocycles. The van der Waals surface area contributed by atoms with Crippen LogP contribution in [0.3, 0.4) is 0 Å². The van der Waals surface area contributed by atoms with E-state index < -0.39 is 17.5 Å². The summed E-state index contributed by atoms with van der Waals surface area (Å²) in [6.07, 6.45) is 0. The molecule has 2 heterocycles. The van der Waals surface area contributed by atoms with Crippen molar-refractivity contribution in [2.75, 3.05) is 0 Å². The predicted octanol–water partition coefficient (Wildman–Crippen LogP) is 4.83. The van der Waals surface area contributed by atoms with Crippen molar-refractivity contribution in [2.24, 2.45) is 0 Å². The molecule has 0 aliphatic carbocycles. The third-order valence-corrected chi connectivity index (χ3v) is 5.95. The van der Waals surface area contributed by atoms with Crippen molar-refractivity contribution < 1.29 is 13.6 Å². The van der Waals surface area contributed by atoms with Crippen LogP contribution < -0.4 is 5.32 Å². The van der Waals surface area contributed by atoms with E-state index >= 15 is 0 Å². The lowest BCUT2D eigenvalue weighted by Crippen LogP contribution is -2.25. The molecular formula is C23H19ClF2N6OS. The first kappa shape index (κ1) is 23.8. The van der Waals surface area contributed by atoms with Crippen molar-refractivity contribution in [1.82, 2.24) is 30.3 Å². The zero-order valence-electron chi connectivity index (χ0n) is 18.2. The van der Waals surface area contributed by atoms with Gasteiger partial charge < -0.3 is 5.32 Å². The molecule has 7 nitrogen and oxygen atoms in total. The highest BCUT2D eigenvalue weighted by Gasteiger charge is 2.22. The van der Waals surface area contributed by atoms with Crippen LogP contribution in [-0.4, -0.2) is 30.9 Å². The van der Waals surface area contributed by atoms with Crippen molar-refractivity contribution in [1.29, 1.82) is 0 Å². The van der Waals surface area contributed by atoms with Crippen molar-refractivity contribution >= 4 is 29.3 Å². The minimum absolute atomic E-state index is 0.0311.